The first-order chi connectivity index (χ1) is 9.64. The van der Waals surface area contributed by atoms with E-state index in [1.54, 1.807) is 20.3 Å². The minimum atomic E-state index is -0.250. The fourth-order valence-electron chi connectivity index (χ4n) is 1.91. The van der Waals surface area contributed by atoms with Crippen LogP contribution >= 0.6 is 0 Å². The summed E-state index contributed by atoms with van der Waals surface area (Å²) in [6.45, 7) is 2.90. The normalized spacial score (nSPS) is 11.8. The van der Waals surface area contributed by atoms with E-state index in [1.807, 2.05) is 12.1 Å². The van der Waals surface area contributed by atoms with E-state index < -0.39 is 0 Å². The summed E-state index contributed by atoms with van der Waals surface area (Å²) in [5.41, 5.74) is 0.944. The van der Waals surface area contributed by atoms with Gasteiger partial charge in [0.1, 0.15) is 11.5 Å². The van der Waals surface area contributed by atoms with E-state index in [0.29, 0.717) is 11.5 Å². The zero-order valence-electron chi connectivity index (χ0n) is 12.6. The second-order valence-corrected chi connectivity index (χ2v) is 4.43. The van der Waals surface area contributed by atoms with Crippen molar-refractivity contribution < 1.29 is 19.0 Å². The van der Waals surface area contributed by atoms with Crippen LogP contribution < -0.4 is 14.8 Å². The van der Waals surface area contributed by atoms with Gasteiger partial charge in [-0.1, -0.05) is 6.92 Å². The van der Waals surface area contributed by atoms with E-state index in [-0.39, 0.29) is 18.4 Å². The summed E-state index contributed by atoms with van der Waals surface area (Å²) < 4.78 is 15.3. The Morgan fingerprint density at radius 2 is 1.75 bits per heavy atom. The fourth-order valence-corrected chi connectivity index (χ4v) is 1.91. The first-order valence-electron chi connectivity index (χ1n) is 6.67. The van der Waals surface area contributed by atoms with Crippen LogP contribution in [-0.2, 0) is 9.53 Å². The molecule has 1 N–H and O–H groups in total. The van der Waals surface area contributed by atoms with Gasteiger partial charge in [0.2, 0.25) is 0 Å². The molecule has 0 bridgehead atoms. The molecule has 0 spiro atoms. The van der Waals surface area contributed by atoms with E-state index in [4.69, 9.17) is 14.2 Å². The maximum atomic E-state index is 11.5. The molecule has 1 aromatic carbocycles. The van der Waals surface area contributed by atoms with Gasteiger partial charge in [0.05, 0.1) is 27.8 Å². The molecule has 0 radical (unpaired) electrons. The molecule has 112 valence electrons. The van der Waals surface area contributed by atoms with Gasteiger partial charge in [-0.2, -0.15) is 0 Å². The van der Waals surface area contributed by atoms with Crippen LogP contribution in [0.1, 0.15) is 31.4 Å². The third-order valence-corrected chi connectivity index (χ3v) is 3.02. The monoisotopic (exact) mass is 281 g/mol. The van der Waals surface area contributed by atoms with Crippen LogP contribution in [0.5, 0.6) is 11.5 Å². The van der Waals surface area contributed by atoms with Crippen molar-refractivity contribution in [1.29, 1.82) is 0 Å². The van der Waals surface area contributed by atoms with Crippen LogP contribution in [0.15, 0.2) is 18.2 Å². The van der Waals surface area contributed by atoms with Crippen molar-refractivity contribution in [3.63, 3.8) is 0 Å². The molecule has 0 heterocycles. The van der Waals surface area contributed by atoms with Gasteiger partial charge < -0.3 is 19.5 Å². The quantitative estimate of drug-likeness (QED) is 0.741. The number of carbonyl (C=O) groups excluding carboxylic acids is 1. The fraction of sp³-hybridized carbons (Fsp3) is 0.533. The molecule has 0 aliphatic carbocycles. The first-order valence-corrected chi connectivity index (χ1v) is 6.67. The smallest absolute Gasteiger partial charge is 0.307 e. The first kappa shape index (κ1) is 16.3. The number of rotatable bonds is 8. The summed E-state index contributed by atoms with van der Waals surface area (Å²) in [5.74, 6) is 1.15. The van der Waals surface area contributed by atoms with E-state index >= 15 is 0 Å². The van der Waals surface area contributed by atoms with Crippen molar-refractivity contribution >= 4 is 5.97 Å². The van der Waals surface area contributed by atoms with Gasteiger partial charge in [-0.3, -0.25) is 4.79 Å². The largest absolute Gasteiger partial charge is 0.497 e. The van der Waals surface area contributed by atoms with Crippen molar-refractivity contribution in [2.24, 2.45) is 0 Å². The van der Waals surface area contributed by atoms with Gasteiger partial charge in [0, 0.05) is 12.1 Å². The van der Waals surface area contributed by atoms with Crippen molar-refractivity contribution in [2.45, 2.75) is 25.8 Å². The molecule has 1 aromatic rings. The van der Waals surface area contributed by atoms with E-state index in [9.17, 15) is 4.79 Å². The van der Waals surface area contributed by atoms with Crippen molar-refractivity contribution in [3.8, 4) is 11.5 Å². The molecule has 0 fully saturated rings. The van der Waals surface area contributed by atoms with Gasteiger partial charge in [-0.25, -0.2) is 0 Å². The molecule has 1 atom stereocenters. The third kappa shape index (κ3) is 4.74. The molecule has 1 unspecified atom stereocenters. The highest BCUT2D eigenvalue weighted by Crippen LogP contribution is 2.28. The third-order valence-electron chi connectivity index (χ3n) is 3.02. The molecular weight excluding hydrogens is 258 g/mol. The summed E-state index contributed by atoms with van der Waals surface area (Å²) in [7, 11) is 4.60. The number of nitrogens with one attached hydrogen (secondary N) is 1. The van der Waals surface area contributed by atoms with E-state index in [1.165, 1.54) is 7.11 Å². The van der Waals surface area contributed by atoms with E-state index in [2.05, 4.69) is 12.2 Å². The Bertz CT molecular complexity index is 412. The summed E-state index contributed by atoms with van der Waals surface area (Å²) in [5, 5.41) is 3.34. The Labute approximate surface area is 120 Å². The predicted octanol–water partition coefficient (Wildman–Crippen LogP) is 2.31. The lowest BCUT2D eigenvalue weighted by Crippen LogP contribution is -2.25. The number of carbonyl (C=O) groups is 1. The topological polar surface area (TPSA) is 56.8 Å². The Balaban J connectivity index is 3.00. The number of methoxy groups -OCH3 is 3. The zero-order chi connectivity index (χ0) is 15.0. The molecule has 5 nitrogen and oxygen atoms in total. The average molecular weight is 281 g/mol. The maximum absolute atomic E-state index is 11.5. The summed E-state index contributed by atoms with van der Waals surface area (Å²) in [4.78, 5) is 11.5. The van der Waals surface area contributed by atoms with Gasteiger partial charge in [-0.15, -0.1) is 0 Å². The standard InChI is InChI=1S/C15H23NO4/c1-5-6-16-14(10-15(17)20-4)11-7-12(18-2)9-13(8-11)19-3/h7-9,14,16H,5-6,10H2,1-4H3. The molecule has 0 saturated carbocycles. The Morgan fingerprint density at radius 3 is 2.20 bits per heavy atom. The number of benzene rings is 1. The highest BCUT2D eigenvalue weighted by Gasteiger charge is 2.17. The second-order valence-electron chi connectivity index (χ2n) is 4.43. The predicted molar refractivity (Wildman–Crippen MR) is 77.2 cm³/mol. The van der Waals surface area contributed by atoms with E-state index in [0.717, 1.165) is 18.5 Å². The lowest BCUT2D eigenvalue weighted by atomic mass is 10.0. The zero-order valence-corrected chi connectivity index (χ0v) is 12.6. The highest BCUT2D eigenvalue weighted by atomic mass is 16.5. The molecule has 1 rings (SSSR count). The van der Waals surface area contributed by atoms with Crippen LogP contribution in [-0.4, -0.2) is 33.8 Å². The van der Waals surface area contributed by atoms with Gasteiger partial charge >= 0.3 is 5.97 Å². The summed E-state index contributed by atoms with van der Waals surface area (Å²) >= 11 is 0. The van der Waals surface area contributed by atoms with Crippen molar-refractivity contribution in [1.82, 2.24) is 5.32 Å². The molecular formula is C15H23NO4. The molecule has 0 amide bonds. The summed E-state index contributed by atoms with van der Waals surface area (Å²) in [6.07, 6.45) is 1.26. The van der Waals surface area contributed by atoms with Gasteiger partial charge in [0.25, 0.3) is 0 Å². The number of ether oxygens (including phenoxy) is 3. The summed E-state index contributed by atoms with van der Waals surface area (Å²) in [6, 6.07) is 5.49. The lowest BCUT2D eigenvalue weighted by Gasteiger charge is -2.19. The van der Waals surface area contributed by atoms with Crippen LogP contribution in [0, 0.1) is 0 Å². The van der Waals surface area contributed by atoms with Gasteiger partial charge in [-0.05, 0) is 30.7 Å². The van der Waals surface area contributed by atoms with Crippen LogP contribution in [0.25, 0.3) is 0 Å². The number of hydrogen-bond donors (Lipinski definition) is 1. The average Bonchev–Trinajstić information content (AvgIpc) is 2.50. The molecule has 0 aliphatic rings. The number of hydrogen-bond acceptors (Lipinski definition) is 5. The Morgan fingerprint density at radius 1 is 1.15 bits per heavy atom. The second kappa shape index (κ2) is 8.43. The molecule has 0 aromatic heterocycles. The van der Waals surface area contributed by atoms with Crippen LogP contribution in [0.3, 0.4) is 0 Å². The molecule has 5 heteroatoms. The lowest BCUT2D eigenvalue weighted by molar-refractivity contribution is -0.141. The molecule has 0 aliphatic heterocycles. The Hall–Kier alpha value is -1.75. The minimum Gasteiger partial charge on any atom is -0.497 e. The highest BCUT2D eigenvalue weighted by molar-refractivity contribution is 5.70. The van der Waals surface area contributed by atoms with Crippen molar-refractivity contribution in [3.05, 3.63) is 23.8 Å². The molecule has 20 heavy (non-hydrogen) atoms. The SMILES string of the molecule is CCCNC(CC(=O)OC)c1cc(OC)cc(OC)c1. The van der Waals surface area contributed by atoms with Crippen LogP contribution in [0.4, 0.5) is 0 Å². The minimum absolute atomic E-state index is 0.119. The van der Waals surface area contributed by atoms with Crippen molar-refractivity contribution in [2.75, 3.05) is 27.9 Å². The Kier molecular flexibility index (Phi) is 6.87. The molecule has 0 saturated heterocycles. The van der Waals surface area contributed by atoms with Gasteiger partial charge in [0.15, 0.2) is 0 Å². The maximum Gasteiger partial charge on any atom is 0.307 e. The number of esters is 1. The van der Waals surface area contributed by atoms with Crippen LogP contribution in [0.2, 0.25) is 0 Å².